The number of carbonyl (C=O) groups is 1. The van der Waals surface area contributed by atoms with E-state index in [1.807, 2.05) is 11.8 Å². The van der Waals surface area contributed by atoms with E-state index in [1.165, 1.54) is 0 Å². The summed E-state index contributed by atoms with van der Waals surface area (Å²) in [6, 6.07) is -0.0476. The quantitative estimate of drug-likeness (QED) is 0.774. The second-order valence-corrected chi connectivity index (χ2v) is 5.52. The minimum Gasteiger partial charge on any atom is -0.332 e. The van der Waals surface area contributed by atoms with E-state index in [4.69, 9.17) is 0 Å². The van der Waals surface area contributed by atoms with Crippen molar-refractivity contribution >= 4 is 6.03 Å². The van der Waals surface area contributed by atoms with E-state index >= 15 is 0 Å². The van der Waals surface area contributed by atoms with Crippen LogP contribution in [-0.2, 0) is 0 Å². The standard InChI is InChI=1S/C14H24FN3O/c1-3-17-6-8-18(9-7-17)14(19)16-12-4-5-13(15)11(2)10-12/h4-5,11-13H,3,6-10H2,1-2H3,(H,16,19). The fourth-order valence-corrected chi connectivity index (χ4v) is 2.66. The van der Waals surface area contributed by atoms with Gasteiger partial charge in [0.05, 0.1) is 0 Å². The van der Waals surface area contributed by atoms with Crippen LogP contribution in [-0.4, -0.2) is 60.8 Å². The fourth-order valence-electron chi connectivity index (χ4n) is 2.66. The summed E-state index contributed by atoms with van der Waals surface area (Å²) in [6.45, 7) is 8.48. The highest BCUT2D eigenvalue weighted by Crippen LogP contribution is 2.21. The van der Waals surface area contributed by atoms with Gasteiger partial charge < -0.3 is 15.1 Å². The van der Waals surface area contributed by atoms with Crippen LogP contribution in [0, 0.1) is 5.92 Å². The van der Waals surface area contributed by atoms with E-state index in [9.17, 15) is 9.18 Å². The van der Waals surface area contributed by atoms with Crippen LogP contribution in [0.5, 0.6) is 0 Å². The molecule has 0 aromatic carbocycles. The molecule has 2 amide bonds. The summed E-state index contributed by atoms with van der Waals surface area (Å²) >= 11 is 0. The van der Waals surface area contributed by atoms with Gasteiger partial charge in [0.1, 0.15) is 6.17 Å². The van der Waals surface area contributed by atoms with Gasteiger partial charge in [-0.1, -0.05) is 26.0 Å². The van der Waals surface area contributed by atoms with Gasteiger partial charge >= 0.3 is 6.03 Å². The molecule has 4 nitrogen and oxygen atoms in total. The van der Waals surface area contributed by atoms with Gasteiger partial charge in [-0.2, -0.15) is 0 Å². The number of likely N-dealkylation sites (N-methyl/N-ethyl adjacent to an activating group) is 1. The molecule has 1 aliphatic heterocycles. The van der Waals surface area contributed by atoms with Crippen molar-refractivity contribution in [3.05, 3.63) is 12.2 Å². The third-order valence-electron chi connectivity index (χ3n) is 4.11. The molecule has 108 valence electrons. The highest BCUT2D eigenvalue weighted by molar-refractivity contribution is 5.75. The number of rotatable bonds is 2. The summed E-state index contributed by atoms with van der Waals surface area (Å²) in [6.07, 6.45) is 3.15. The Morgan fingerprint density at radius 2 is 2.00 bits per heavy atom. The van der Waals surface area contributed by atoms with Crippen molar-refractivity contribution in [2.75, 3.05) is 32.7 Å². The maximum absolute atomic E-state index is 13.3. The van der Waals surface area contributed by atoms with E-state index in [2.05, 4.69) is 17.1 Å². The highest BCUT2D eigenvalue weighted by atomic mass is 19.1. The maximum atomic E-state index is 13.3. The summed E-state index contributed by atoms with van der Waals surface area (Å²) in [5, 5.41) is 2.99. The SMILES string of the molecule is CCN1CCN(C(=O)NC2C=CC(F)C(C)C2)CC1. The van der Waals surface area contributed by atoms with Crippen LogP contribution < -0.4 is 5.32 Å². The third kappa shape index (κ3) is 3.69. The molecular weight excluding hydrogens is 245 g/mol. The van der Waals surface area contributed by atoms with Crippen molar-refractivity contribution in [1.29, 1.82) is 0 Å². The van der Waals surface area contributed by atoms with Gasteiger partial charge in [-0.25, -0.2) is 9.18 Å². The predicted octanol–water partition coefficient (Wildman–Crippen LogP) is 1.64. The molecule has 2 aliphatic rings. The lowest BCUT2D eigenvalue weighted by molar-refractivity contribution is 0.140. The molecule has 1 saturated heterocycles. The molecule has 2 rings (SSSR count). The number of hydrogen-bond acceptors (Lipinski definition) is 2. The lowest BCUT2D eigenvalue weighted by atomic mass is 9.91. The molecule has 0 radical (unpaired) electrons. The Hall–Kier alpha value is -1.10. The largest absolute Gasteiger partial charge is 0.332 e. The minimum atomic E-state index is -0.874. The van der Waals surface area contributed by atoms with Gasteiger partial charge in [0.25, 0.3) is 0 Å². The lowest BCUT2D eigenvalue weighted by Crippen LogP contribution is -2.53. The van der Waals surface area contributed by atoms with E-state index in [0.29, 0.717) is 6.42 Å². The van der Waals surface area contributed by atoms with E-state index in [0.717, 1.165) is 32.7 Å². The number of halogens is 1. The van der Waals surface area contributed by atoms with Crippen LogP contribution in [0.2, 0.25) is 0 Å². The highest BCUT2D eigenvalue weighted by Gasteiger charge is 2.26. The minimum absolute atomic E-state index is 0.0186. The second kappa shape index (κ2) is 6.37. The molecule has 5 heteroatoms. The van der Waals surface area contributed by atoms with Gasteiger partial charge in [-0.05, 0) is 18.9 Å². The molecule has 0 saturated carbocycles. The first-order valence-electron chi connectivity index (χ1n) is 7.20. The van der Waals surface area contributed by atoms with E-state index < -0.39 is 6.17 Å². The van der Waals surface area contributed by atoms with Crippen molar-refractivity contribution in [1.82, 2.24) is 15.1 Å². The molecule has 0 aromatic heterocycles. The first-order chi connectivity index (χ1) is 9.10. The van der Waals surface area contributed by atoms with Crippen LogP contribution in [0.4, 0.5) is 9.18 Å². The summed E-state index contributed by atoms with van der Waals surface area (Å²) < 4.78 is 13.3. The zero-order chi connectivity index (χ0) is 13.8. The van der Waals surface area contributed by atoms with Crippen LogP contribution in [0.1, 0.15) is 20.3 Å². The molecule has 1 aliphatic carbocycles. The van der Waals surface area contributed by atoms with Gasteiger partial charge in [0, 0.05) is 32.2 Å². The van der Waals surface area contributed by atoms with Crippen molar-refractivity contribution in [3.8, 4) is 0 Å². The lowest BCUT2D eigenvalue weighted by Gasteiger charge is -2.35. The van der Waals surface area contributed by atoms with Crippen LogP contribution >= 0.6 is 0 Å². The molecule has 0 bridgehead atoms. The van der Waals surface area contributed by atoms with Crippen molar-refractivity contribution in [2.24, 2.45) is 5.92 Å². The fraction of sp³-hybridized carbons (Fsp3) is 0.786. The normalized spacial score (nSPS) is 32.4. The van der Waals surface area contributed by atoms with Crippen molar-refractivity contribution < 1.29 is 9.18 Å². The average molecular weight is 269 g/mol. The molecule has 0 aromatic rings. The number of alkyl halides is 1. The second-order valence-electron chi connectivity index (χ2n) is 5.52. The summed E-state index contributed by atoms with van der Waals surface area (Å²) in [7, 11) is 0. The maximum Gasteiger partial charge on any atom is 0.317 e. The Labute approximate surface area is 114 Å². The summed E-state index contributed by atoms with van der Waals surface area (Å²) in [4.78, 5) is 16.3. The Morgan fingerprint density at radius 1 is 1.32 bits per heavy atom. The topological polar surface area (TPSA) is 35.6 Å². The monoisotopic (exact) mass is 269 g/mol. The van der Waals surface area contributed by atoms with Crippen LogP contribution in [0.25, 0.3) is 0 Å². The first kappa shape index (κ1) is 14.3. The number of carbonyl (C=O) groups excluding carboxylic acids is 1. The molecule has 19 heavy (non-hydrogen) atoms. The Kier molecular flexibility index (Phi) is 4.80. The molecule has 3 atom stereocenters. The number of piperazine rings is 1. The van der Waals surface area contributed by atoms with Gasteiger partial charge in [-0.3, -0.25) is 0 Å². The Bertz CT molecular complexity index is 340. The zero-order valence-corrected chi connectivity index (χ0v) is 11.8. The number of hydrogen-bond donors (Lipinski definition) is 1. The predicted molar refractivity (Wildman–Crippen MR) is 73.8 cm³/mol. The Morgan fingerprint density at radius 3 is 2.58 bits per heavy atom. The van der Waals surface area contributed by atoms with E-state index in [-0.39, 0.29) is 18.0 Å². The van der Waals surface area contributed by atoms with Gasteiger partial charge in [0.15, 0.2) is 0 Å². The smallest absolute Gasteiger partial charge is 0.317 e. The Balaban J connectivity index is 1.80. The van der Waals surface area contributed by atoms with Crippen molar-refractivity contribution in [2.45, 2.75) is 32.5 Å². The van der Waals surface area contributed by atoms with Gasteiger partial charge in [-0.15, -0.1) is 0 Å². The number of urea groups is 1. The van der Waals surface area contributed by atoms with E-state index in [1.54, 1.807) is 12.2 Å². The number of amides is 2. The molecule has 1 fully saturated rings. The summed E-state index contributed by atoms with van der Waals surface area (Å²) in [5.41, 5.74) is 0. The van der Waals surface area contributed by atoms with Crippen molar-refractivity contribution in [3.63, 3.8) is 0 Å². The molecular formula is C14H24FN3O. The van der Waals surface area contributed by atoms with Crippen LogP contribution in [0.15, 0.2) is 12.2 Å². The molecule has 1 N–H and O–H groups in total. The third-order valence-corrected chi connectivity index (χ3v) is 4.11. The number of nitrogens with zero attached hydrogens (tertiary/aromatic N) is 2. The van der Waals surface area contributed by atoms with Gasteiger partial charge in [0.2, 0.25) is 0 Å². The molecule has 3 unspecified atom stereocenters. The number of nitrogens with one attached hydrogen (secondary N) is 1. The molecule has 0 spiro atoms. The zero-order valence-electron chi connectivity index (χ0n) is 11.8. The first-order valence-corrected chi connectivity index (χ1v) is 7.20. The average Bonchev–Trinajstić information content (AvgIpc) is 2.43. The summed E-state index contributed by atoms with van der Waals surface area (Å²) in [5.74, 6) is -0.0211. The van der Waals surface area contributed by atoms with Crippen LogP contribution in [0.3, 0.4) is 0 Å². The molecule has 1 heterocycles. The number of allylic oxidation sites excluding steroid dienone is 1.